The number of esters is 1. The van der Waals surface area contributed by atoms with Crippen molar-refractivity contribution in [3.63, 3.8) is 0 Å². The Morgan fingerprint density at radius 2 is 2.17 bits per heavy atom. The van der Waals surface area contributed by atoms with E-state index >= 15 is 0 Å². The van der Waals surface area contributed by atoms with Gasteiger partial charge in [-0.1, -0.05) is 19.1 Å². The van der Waals surface area contributed by atoms with Crippen LogP contribution in [-0.2, 0) is 16.1 Å². The summed E-state index contributed by atoms with van der Waals surface area (Å²) < 4.78 is 18.2. The van der Waals surface area contributed by atoms with Crippen LogP contribution in [0.5, 0.6) is 0 Å². The van der Waals surface area contributed by atoms with Gasteiger partial charge in [0.1, 0.15) is 5.82 Å². The third kappa shape index (κ3) is 4.81. The Bertz CT molecular complexity index is 609. The number of hydrogen-bond donors (Lipinski definition) is 1. The van der Waals surface area contributed by atoms with Gasteiger partial charge in [-0.2, -0.15) is 0 Å². The lowest BCUT2D eigenvalue weighted by Gasteiger charge is -2.21. The Morgan fingerprint density at radius 1 is 1.46 bits per heavy atom. The highest BCUT2D eigenvalue weighted by atomic mass is 127. The van der Waals surface area contributed by atoms with Gasteiger partial charge in [0, 0.05) is 26.7 Å². The van der Waals surface area contributed by atoms with Crippen LogP contribution in [0.15, 0.2) is 23.2 Å². The highest BCUT2D eigenvalue weighted by molar-refractivity contribution is 14.0. The van der Waals surface area contributed by atoms with Gasteiger partial charge < -0.3 is 15.0 Å². The fraction of sp³-hybridized carbons (Fsp3) is 0.529. The number of carbonyl (C=O) groups is 1. The minimum atomic E-state index is -0.201. The van der Waals surface area contributed by atoms with Crippen LogP contribution in [0.1, 0.15) is 18.1 Å². The average Bonchev–Trinajstić information content (AvgIpc) is 2.92. The average molecular weight is 449 g/mol. The van der Waals surface area contributed by atoms with E-state index in [9.17, 15) is 9.18 Å². The van der Waals surface area contributed by atoms with E-state index in [2.05, 4.69) is 15.2 Å². The number of benzene rings is 1. The molecule has 0 bridgehead atoms. The third-order valence-electron chi connectivity index (χ3n) is 4.30. The second-order valence-corrected chi connectivity index (χ2v) is 6.00. The molecule has 0 spiro atoms. The molecule has 1 aromatic carbocycles. The van der Waals surface area contributed by atoms with Crippen LogP contribution < -0.4 is 5.32 Å². The van der Waals surface area contributed by atoms with Crippen LogP contribution in [0.25, 0.3) is 0 Å². The van der Waals surface area contributed by atoms with E-state index in [1.807, 2.05) is 13.0 Å². The second-order valence-electron chi connectivity index (χ2n) is 6.00. The van der Waals surface area contributed by atoms with Crippen molar-refractivity contribution in [3.8, 4) is 0 Å². The van der Waals surface area contributed by atoms with Crippen molar-refractivity contribution < 1.29 is 13.9 Å². The van der Waals surface area contributed by atoms with Crippen molar-refractivity contribution in [3.05, 3.63) is 35.1 Å². The van der Waals surface area contributed by atoms with E-state index in [-0.39, 0.29) is 47.6 Å². The number of nitrogens with one attached hydrogen (secondary N) is 1. The Labute approximate surface area is 159 Å². The predicted octanol–water partition coefficient (Wildman–Crippen LogP) is 2.57. The van der Waals surface area contributed by atoms with Crippen molar-refractivity contribution in [1.29, 1.82) is 0 Å². The topological polar surface area (TPSA) is 53.9 Å². The second kappa shape index (κ2) is 9.19. The quantitative estimate of drug-likeness (QED) is 0.334. The first-order valence-corrected chi connectivity index (χ1v) is 7.74. The number of likely N-dealkylation sites (tertiary alicyclic amines) is 1. The van der Waals surface area contributed by atoms with Gasteiger partial charge in [0.2, 0.25) is 0 Å². The summed E-state index contributed by atoms with van der Waals surface area (Å²) in [5, 5.41) is 3.27. The summed E-state index contributed by atoms with van der Waals surface area (Å²) in [5.41, 5.74) is 1.61. The number of aliphatic imine (C=N–C) groups is 1. The molecule has 134 valence electrons. The number of guanidine groups is 1. The van der Waals surface area contributed by atoms with Crippen LogP contribution >= 0.6 is 24.0 Å². The lowest BCUT2D eigenvalue weighted by atomic mass is 9.99. The number of rotatable bonds is 3. The van der Waals surface area contributed by atoms with Crippen molar-refractivity contribution >= 4 is 35.9 Å². The number of aryl methyl sites for hydroxylation is 1. The number of hydrogen-bond acceptors (Lipinski definition) is 3. The molecule has 0 saturated carbocycles. The molecule has 1 saturated heterocycles. The van der Waals surface area contributed by atoms with Crippen molar-refractivity contribution in [2.24, 2.45) is 16.8 Å². The standard InChI is InChI=1S/C17H24FN3O2.HI/c1-11-7-13(5-6-15(11)18)8-20-17(19-3)21-9-12(2)14(10-21)16(22)23-4;/h5-7,12,14H,8-10H2,1-4H3,(H,19,20);1H. The van der Waals surface area contributed by atoms with Crippen molar-refractivity contribution in [2.75, 3.05) is 27.2 Å². The van der Waals surface area contributed by atoms with Crippen LogP contribution in [0.2, 0.25) is 0 Å². The molecule has 2 atom stereocenters. The fourth-order valence-corrected chi connectivity index (χ4v) is 2.93. The fourth-order valence-electron chi connectivity index (χ4n) is 2.93. The molecule has 0 aliphatic carbocycles. The number of nitrogens with zero attached hydrogens (tertiary/aromatic N) is 2. The van der Waals surface area contributed by atoms with E-state index in [0.717, 1.165) is 18.1 Å². The van der Waals surface area contributed by atoms with E-state index in [0.29, 0.717) is 18.7 Å². The zero-order valence-corrected chi connectivity index (χ0v) is 16.8. The van der Waals surface area contributed by atoms with Gasteiger partial charge in [0.15, 0.2) is 5.96 Å². The summed E-state index contributed by atoms with van der Waals surface area (Å²) in [7, 11) is 3.13. The first-order chi connectivity index (χ1) is 11.0. The molecule has 0 amide bonds. The molecule has 2 rings (SSSR count). The maximum absolute atomic E-state index is 13.3. The Morgan fingerprint density at radius 3 is 2.75 bits per heavy atom. The first-order valence-electron chi connectivity index (χ1n) is 7.74. The summed E-state index contributed by atoms with van der Waals surface area (Å²) in [4.78, 5) is 18.1. The van der Waals surface area contributed by atoms with Gasteiger partial charge in [-0.05, 0) is 30.0 Å². The highest BCUT2D eigenvalue weighted by Crippen LogP contribution is 2.24. The molecular formula is C17H25FIN3O2. The van der Waals surface area contributed by atoms with Crippen LogP contribution in [0.3, 0.4) is 0 Å². The number of halogens is 2. The van der Waals surface area contributed by atoms with E-state index in [4.69, 9.17) is 4.74 Å². The molecule has 24 heavy (non-hydrogen) atoms. The lowest BCUT2D eigenvalue weighted by molar-refractivity contribution is -0.145. The summed E-state index contributed by atoms with van der Waals surface area (Å²) in [5.74, 6) is 0.447. The van der Waals surface area contributed by atoms with E-state index in [1.165, 1.54) is 13.2 Å². The largest absolute Gasteiger partial charge is 0.469 e. The molecular weight excluding hydrogens is 424 g/mol. The molecule has 2 unspecified atom stereocenters. The van der Waals surface area contributed by atoms with E-state index in [1.54, 1.807) is 20.0 Å². The SMILES string of the molecule is CN=C(NCc1ccc(F)c(C)c1)N1CC(C)C(C(=O)OC)C1.I. The smallest absolute Gasteiger partial charge is 0.310 e. The molecule has 0 aromatic heterocycles. The lowest BCUT2D eigenvalue weighted by Crippen LogP contribution is -2.40. The van der Waals surface area contributed by atoms with Crippen molar-refractivity contribution in [2.45, 2.75) is 20.4 Å². The first kappa shape index (κ1) is 20.7. The molecule has 1 aromatic rings. The number of methoxy groups -OCH3 is 1. The van der Waals surface area contributed by atoms with Gasteiger partial charge in [-0.25, -0.2) is 4.39 Å². The third-order valence-corrected chi connectivity index (χ3v) is 4.30. The summed E-state index contributed by atoms with van der Waals surface area (Å²) in [6.45, 7) is 5.69. The van der Waals surface area contributed by atoms with Crippen LogP contribution in [-0.4, -0.2) is 44.1 Å². The summed E-state index contributed by atoms with van der Waals surface area (Å²) in [6, 6.07) is 5.05. The maximum atomic E-state index is 13.3. The normalized spacial score (nSPS) is 20.5. The maximum Gasteiger partial charge on any atom is 0.310 e. The molecule has 1 N–H and O–H groups in total. The molecule has 7 heteroatoms. The molecule has 1 fully saturated rings. The Hall–Kier alpha value is -1.38. The molecule has 1 aliphatic rings. The van der Waals surface area contributed by atoms with Crippen molar-refractivity contribution in [1.82, 2.24) is 10.2 Å². The number of ether oxygens (including phenoxy) is 1. The molecule has 0 radical (unpaired) electrons. The zero-order valence-electron chi connectivity index (χ0n) is 14.5. The predicted molar refractivity (Wildman–Crippen MR) is 103 cm³/mol. The van der Waals surface area contributed by atoms with Gasteiger partial charge in [0.25, 0.3) is 0 Å². The summed E-state index contributed by atoms with van der Waals surface area (Å²) >= 11 is 0. The number of carbonyl (C=O) groups excluding carboxylic acids is 1. The van der Waals surface area contributed by atoms with Gasteiger partial charge in [-0.3, -0.25) is 9.79 Å². The highest BCUT2D eigenvalue weighted by Gasteiger charge is 2.36. The zero-order chi connectivity index (χ0) is 17.0. The van der Waals surface area contributed by atoms with Crippen LogP contribution in [0, 0.1) is 24.6 Å². The van der Waals surface area contributed by atoms with Gasteiger partial charge in [-0.15, -0.1) is 24.0 Å². The monoisotopic (exact) mass is 449 g/mol. The Balaban J connectivity index is 0.00000288. The molecule has 1 aliphatic heterocycles. The van der Waals surface area contributed by atoms with Crippen LogP contribution in [0.4, 0.5) is 4.39 Å². The van der Waals surface area contributed by atoms with E-state index < -0.39 is 0 Å². The minimum absolute atomic E-state index is 0. The molecule has 5 nitrogen and oxygen atoms in total. The minimum Gasteiger partial charge on any atom is -0.469 e. The van der Waals surface area contributed by atoms with Gasteiger partial charge in [0.05, 0.1) is 13.0 Å². The Kier molecular flexibility index (Phi) is 7.92. The summed E-state index contributed by atoms with van der Waals surface area (Å²) in [6.07, 6.45) is 0. The molecule has 1 heterocycles. The van der Waals surface area contributed by atoms with Gasteiger partial charge >= 0.3 is 5.97 Å².